The molecule has 110 valence electrons. The number of rotatable bonds is 3. The van der Waals surface area contributed by atoms with Gasteiger partial charge < -0.3 is 11.1 Å². The summed E-state index contributed by atoms with van der Waals surface area (Å²) in [7, 11) is 0. The molecule has 0 fully saturated rings. The average Bonchev–Trinajstić information content (AvgIpc) is 2.55. The van der Waals surface area contributed by atoms with Crippen molar-refractivity contribution in [3.8, 4) is 5.69 Å². The third-order valence-corrected chi connectivity index (χ3v) is 3.47. The number of halogens is 1. The van der Waals surface area contributed by atoms with E-state index in [1.807, 2.05) is 18.2 Å². The van der Waals surface area contributed by atoms with Gasteiger partial charge in [0.25, 0.3) is 5.56 Å². The van der Waals surface area contributed by atoms with Gasteiger partial charge in [-0.25, -0.2) is 0 Å². The minimum atomic E-state index is -0.381. The Hall–Kier alpha value is -2.79. The molecule has 0 atom stereocenters. The smallest absolute Gasteiger partial charge is 0.292 e. The van der Waals surface area contributed by atoms with Crippen molar-refractivity contribution in [1.29, 1.82) is 0 Å². The molecular weight excluding hydrogens is 300 g/mol. The van der Waals surface area contributed by atoms with E-state index in [0.717, 1.165) is 5.69 Å². The highest BCUT2D eigenvalue weighted by molar-refractivity contribution is 6.33. The molecule has 22 heavy (non-hydrogen) atoms. The van der Waals surface area contributed by atoms with Crippen molar-refractivity contribution < 1.29 is 0 Å². The Labute approximate surface area is 132 Å². The molecule has 0 aliphatic carbocycles. The van der Waals surface area contributed by atoms with Crippen LogP contribution < -0.4 is 16.6 Å². The van der Waals surface area contributed by atoms with Crippen LogP contribution in [0, 0.1) is 0 Å². The van der Waals surface area contributed by atoms with E-state index in [1.54, 1.807) is 36.4 Å². The maximum Gasteiger partial charge on any atom is 0.292 e. The maximum atomic E-state index is 12.3. The lowest BCUT2D eigenvalue weighted by Gasteiger charge is -2.10. The van der Waals surface area contributed by atoms with Gasteiger partial charge in [0.1, 0.15) is 5.02 Å². The minimum Gasteiger partial charge on any atom is -0.399 e. The van der Waals surface area contributed by atoms with Crippen molar-refractivity contribution >= 4 is 28.7 Å². The van der Waals surface area contributed by atoms with Crippen LogP contribution in [0.25, 0.3) is 5.69 Å². The van der Waals surface area contributed by atoms with E-state index in [-0.39, 0.29) is 10.6 Å². The molecule has 0 unspecified atom stereocenters. The van der Waals surface area contributed by atoms with E-state index in [0.29, 0.717) is 17.1 Å². The van der Waals surface area contributed by atoms with Crippen LogP contribution in [0.3, 0.4) is 0 Å². The molecule has 6 heteroatoms. The predicted molar refractivity (Wildman–Crippen MR) is 89.0 cm³/mol. The Morgan fingerprint density at radius 1 is 1.05 bits per heavy atom. The Morgan fingerprint density at radius 2 is 1.73 bits per heavy atom. The summed E-state index contributed by atoms with van der Waals surface area (Å²) in [5.74, 6) is 0. The van der Waals surface area contributed by atoms with E-state index < -0.39 is 0 Å². The fraction of sp³-hybridized carbons (Fsp3) is 0. The second-order valence-electron chi connectivity index (χ2n) is 4.67. The SMILES string of the molecule is Nc1ccc(Nc2cnn(-c3ccccc3)c(=O)c2Cl)cc1. The molecule has 3 N–H and O–H groups in total. The van der Waals surface area contributed by atoms with E-state index >= 15 is 0 Å². The van der Waals surface area contributed by atoms with Crippen molar-refractivity contribution in [3.05, 3.63) is 76.2 Å². The van der Waals surface area contributed by atoms with Crippen LogP contribution in [0.2, 0.25) is 5.02 Å². The van der Waals surface area contributed by atoms with Crippen LogP contribution in [0.5, 0.6) is 0 Å². The second kappa shape index (κ2) is 5.91. The number of nitrogens with two attached hydrogens (primary N) is 1. The first kappa shape index (κ1) is 14.2. The molecule has 0 saturated carbocycles. The fourth-order valence-corrected chi connectivity index (χ4v) is 2.17. The highest BCUT2D eigenvalue weighted by atomic mass is 35.5. The molecule has 0 radical (unpaired) electrons. The Morgan fingerprint density at radius 3 is 2.41 bits per heavy atom. The summed E-state index contributed by atoms with van der Waals surface area (Å²) in [5, 5.41) is 7.29. The first-order valence-electron chi connectivity index (χ1n) is 6.61. The van der Waals surface area contributed by atoms with Gasteiger partial charge in [-0.2, -0.15) is 9.78 Å². The number of hydrogen-bond acceptors (Lipinski definition) is 4. The first-order valence-corrected chi connectivity index (χ1v) is 6.99. The zero-order valence-electron chi connectivity index (χ0n) is 11.5. The third-order valence-electron chi connectivity index (χ3n) is 3.11. The summed E-state index contributed by atoms with van der Waals surface area (Å²) in [4.78, 5) is 12.3. The summed E-state index contributed by atoms with van der Waals surface area (Å²) >= 11 is 6.17. The Bertz CT molecular complexity index is 844. The molecule has 0 amide bonds. The number of aromatic nitrogens is 2. The average molecular weight is 313 g/mol. The van der Waals surface area contributed by atoms with Gasteiger partial charge in [-0.1, -0.05) is 29.8 Å². The first-order chi connectivity index (χ1) is 10.6. The Kier molecular flexibility index (Phi) is 3.80. The van der Waals surface area contributed by atoms with E-state index in [4.69, 9.17) is 17.3 Å². The van der Waals surface area contributed by atoms with Crippen LogP contribution in [0.1, 0.15) is 0 Å². The van der Waals surface area contributed by atoms with Crippen LogP contribution >= 0.6 is 11.6 Å². The number of hydrogen-bond donors (Lipinski definition) is 2. The topological polar surface area (TPSA) is 72.9 Å². The van der Waals surface area contributed by atoms with Crippen LogP contribution in [-0.4, -0.2) is 9.78 Å². The van der Waals surface area contributed by atoms with Crippen LogP contribution in [-0.2, 0) is 0 Å². The van der Waals surface area contributed by atoms with Crippen molar-refractivity contribution in [2.24, 2.45) is 0 Å². The van der Waals surface area contributed by atoms with E-state index in [1.165, 1.54) is 10.9 Å². The Balaban J connectivity index is 1.96. The summed E-state index contributed by atoms with van der Waals surface area (Å²) in [5.41, 5.74) is 7.80. The van der Waals surface area contributed by atoms with E-state index in [2.05, 4.69) is 10.4 Å². The van der Waals surface area contributed by atoms with Crippen molar-refractivity contribution in [1.82, 2.24) is 9.78 Å². The number of benzene rings is 2. The summed E-state index contributed by atoms with van der Waals surface area (Å²) in [6.07, 6.45) is 1.52. The quantitative estimate of drug-likeness (QED) is 0.728. The van der Waals surface area contributed by atoms with Gasteiger partial charge in [0.05, 0.1) is 17.6 Å². The standard InChI is InChI=1S/C16H13ClN4O/c17-15-14(20-12-8-6-11(18)7-9-12)10-19-21(16(15)22)13-4-2-1-3-5-13/h1-10,20H,18H2. The third kappa shape index (κ3) is 2.80. The lowest BCUT2D eigenvalue weighted by Crippen LogP contribution is -2.22. The van der Waals surface area contributed by atoms with Crippen molar-refractivity contribution in [3.63, 3.8) is 0 Å². The van der Waals surface area contributed by atoms with Gasteiger partial charge in [0.2, 0.25) is 0 Å². The molecule has 1 heterocycles. The maximum absolute atomic E-state index is 12.3. The zero-order chi connectivity index (χ0) is 15.5. The number of nitrogens with one attached hydrogen (secondary N) is 1. The monoisotopic (exact) mass is 312 g/mol. The number of anilines is 3. The van der Waals surface area contributed by atoms with Gasteiger partial charge in [0.15, 0.2) is 0 Å². The molecule has 0 bridgehead atoms. The van der Waals surface area contributed by atoms with Gasteiger partial charge in [0, 0.05) is 11.4 Å². The molecule has 0 aliphatic heterocycles. The van der Waals surface area contributed by atoms with Crippen LogP contribution in [0.4, 0.5) is 17.1 Å². The summed E-state index contributed by atoms with van der Waals surface area (Å²) in [6, 6.07) is 16.2. The molecule has 0 saturated heterocycles. The predicted octanol–water partition coefficient (Wildman–Crippen LogP) is 3.21. The molecular formula is C16H13ClN4O. The second-order valence-corrected chi connectivity index (χ2v) is 5.05. The van der Waals surface area contributed by atoms with Crippen molar-refractivity contribution in [2.45, 2.75) is 0 Å². The fourth-order valence-electron chi connectivity index (χ4n) is 1.99. The summed E-state index contributed by atoms with van der Waals surface area (Å²) < 4.78 is 1.26. The number of nitrogens with zero attached hydrogens (tertiary/aromatic N) is 2. The van der Waals surface area contributed by atoms with E-state index in [9.17, 15) is 4.79 Å². The molecule has 2 aromatic carbocycles. The molecule has 0 aliphatic rings. The normalized spacial score (nSPS) is 10.4. The highest BCUT2D eigenvalue weighted by Crippen LogP contribution is 2.22. The van der Waals surface area contributed by atoms with Gasteiger partial charge in [-0.15, -0.1) is 0 Å². The lowest BCUT2D eigenvalue weighted by molar-refractivity contribution is 0.809. The minimum absolute atomic E-state index is 0.0793. The molecule has 3 rings (SSSR count). The number of nitrogen functional groups attached to an aromatic ring is 1. The molecule has 1 aromatic heterocycles. The zero-order valence-corrected chi connectivity index (χ0v) is 12.3. The van der Waals surface area contributed by atoms with Crippen molar-refractivity contribution in [2.75, 3.05) is 11.1 Å². The van der Waals surface area contributed by atoms with Crippen LogP contribution in [0.15, 0.2) is 65.6 Å². The highest BCUT2D eigenvalue weighted by Gasteiger charge is 2.10. The lowest BCUT2D eigenvalue weighted by atomic mass is 10.3. The van der Waals surface area contributed by atoms with Gasteiger partial charge in [-0.05, 0) is 36.4 Å². The molecule has 3 aromatic rings. The number of para-hydroxylation sites is 1. The molecule has 5 nitrogen and oxygen atoms in total. The van der Waals surface area contributed by atoms with Gasteiger partial charge >= 0.3 is 0 Å². The largest absolute Gasteiger partial charge is 0.399 e. The molecule has 0 spiro atoms. The van der Waals surface area contributed by atoms with Gasteiger partial charge in [-0.3, -0.25) is 4.79 Å². The summed E-state index contributed by atoms with van der Waals surface area (Å²) in [6.45, 7) is 0.